The van der Waals surface area contributed by atoms with Gasteiger partial charge in [0.2, 0.25) is 0 Å². The van der Waals surface area contributed by atoms with Gasteiger partial charge in [-0.3, -0.25) is 0 Å². The van der Waals surface area contributed by atoms with Crippen LogP contribution in [0.15, 0.2) is 97.1 Å². The molecule has 0 saturated carbocycles. The smallest absolute Gasteiger partial charge is 0.0326 e. The minimum Gasteiger partial charge on any atom is -0.242 e. The third-order valence-electron chi connectivity index (χ3n) is 19.9. The zero-order valence-corrected chi connectivity index (χ0v) is 62.5. The van der Waals surface area contributed by atoms with Crippen LogP contribution in [0.1, 0.15) is 398 Å². The Bertz CT molecular complexity index is 1930. The van der Waals surface area contributed by atoms with Crippen molar-refractivity contribution in [2.24, 2.45) is 0 Å². The quantitative estimate of drug-likeness (QED) is 0.0315. The van der Waals surface area contributed by atoms with E-state index in [4.69, 9.17) is 0 Å². The fourth-order valence-electron chi connectivity index (χ4n) is 14.2. The Morgan fingerprint density at radius 3 is 0.600 bits per heavy atom. The van der Waals surface area contributed by atoms with Crippen molar-refractivity contribution in [3.05, 3.63) is 119 Å². The van der Waals surface area contributed by atoms with Crippen LogP contribution in [0.3, 0.4) is 0 Å². The number of benzene rings is 4. The van der Waals surface area contributed by atoms with Crippen LogP contribution in [0.4, 0.5) is 0 Å². The molecule has 510 valence electrons. The molecular weight excluding hydrogens is 1120 g/mol. The van der Waals surface area contributed by atoms with Crippen molar-refractivity contribution >= 4 is 37.4 Å². The molecule has 0 N–H and O–H groups in total. The normalized spacial score (nSPS) is 11.9. The summed E-state index contributed by atoms with van der Waals surface area (Å²) in [6, 6.07) is 42.1. The molecular formula is C87H147NP2. The number of unbranched alkanes of at least 4 members (excludes halogenated alkanes) is 44. The van der Waals surface area contributed by atoms with Crippen molar-refractivity contribution in [1.29, 1.82) is 0 Å². The van der Waals surface area contributed by atoms with Gasteiger partial charge in [0.05, 0.1) is 0 Å². The predicted molar refractivity (Wildman–Crippen MR) is 413 cm³/mol. The molecule has 0 unspecified atom stereocenters. The molecule has 4 aromatic rings. The molecule has 4 aromatic carbocycles. The van der Waals surface area contributed by atoms with Gasteiger partial charge in [0, 0.05) is 22.2 Å². The molecule has 0 radical (unpaired) electrons. The molecule has 0 aliphatic rings. The third-order valence-corrected chi connectivity index (χ3v) is 25.5. The summed E-state index contributed by atoms with van der Waals surface area (Å²) in [6.45, 7) is 14.1. The summed E-state index contributed by atoms with van der Waals surface area (Å²) in [5.74, 6) is 0. The second-order valence-corrected chi connectivity index (χ2v) is 32.9. The zero-order chi connectivity index (χ0) is 63.8. The lowest BCUT2D eigenvalue weighted by Crippen LogP contribution is -2.39. The summed E-state index contributed by atoms with van der Waals surface area (Å²) in [5, 5.41) is 6.42. The summed E-state index contributed by atoms with van der Waals surface area (Å²) < 4.78 is 3.37. The van der Waals surface area contributed by atoms with Crippen LogP contribution in [0, 0.1) is 0 Å². The highest BCUT2D eigenvalue weighted by Crippen LogP contribution is 2.58. The number of nitrogens with zero attached hydrogens (tertiary/aromatic N) is 1. The Balaban J connectivity index is 1.93. The van der Waals surface area contributed by atoms with Crippen LogP contribution in [-0.2, 0) is 25.7 Å². The van der Waals surface area contributed by atoms with Gasteiger partial charge in [-0.25, -0.2) is 4.44 Å². The van der Waals surface area contributed by atoms with Crippen LogP contribution >= 0.6 is 16.1 Å². The maximum atomic E-state index is 3.37. The average molecular weight is 1270 g/mol. The van der Waals surface area contributed by atoms with E-state index in [1.165, 1.54) is 360 Å². The number of aryl methyl sites for hydroxylation is 4. The van der Waals surface area contributed by atoms with Crippen molar-refractivity contribution in [2.75, 3.05) is 0 Å². The maximum absolute atomic E-state index is 3.37. The van der Waals surface area contributed by atoms with E-state index in [0.29, 0.717) is 6.04 Å². The van der Waals surface area contributed by atoms with Crippen molar-refractivity contribution in [3.8, 4) is 0 Å². The van der Waals surface area contributed by atoms with Crippen LogP contribution in [0.2, 0.25) is 0 Å². The van der Waals surface area contributed by atoms with Crippen molar-refractivity contribution < 1.29 is 0 Å². The first-order chi connectivity index (χ1) is 44.6. The first-order valence-corrected chi connectivity index (χ1v) is 42.9. The van der Waals surface area contributed by atoms with Crippen LogP contribution < -0.4 is 21.2 Å². The van der Waals surface area contributed by atoms with Gasteiger partial charge in [0.25, 0.3) is 0 Å². The molecule has 1 nitrogen and oxygen atoms in total. The molecule has 0 atom stereocenters. The Morgan fingerprint density at radius 1 is 0.222 bits per heavy atom. The van der Waals surface area contributed by atoms with E-state index in [1.807, 2.05) is 0 Å². The number of hydrogen-bond acceptors (Lipinski definition) is 1. The van der Waals surface area contributed by atoms with E-state index in [-0.39, 0.29) is 0 Å². The van der Waals surface area contributed by atoms with Crippen molar-refractivity contribution in [3.63, 3.8) is 0 Å². The highest BCUT2D eigenvalue weighted by Gasteiger charge is 2.37. The topological polar surface area (TPSA) is 3.24 Å². The van der Waals surface area contributed by atoms with Crippen molar-refractivity contribution in [2.45, 2.75) is 407 Å². The first kappa shape index (κ1) is 80.1. The molecule has 0 aliphatic carbocycles. The molecule has 0 amide bonds. The highest BCUT2D eigenvalue weighted by molar-refractivity contribution is 7.84. The van der Waals surface area contributed by atoms with E-state index < -0.39 is 16.1 Å². The van der Waals surface area contributed by atoms with Gasteiger partial charge >= 0.3 is 0 Å². The Morgan fingerprint density at radius 2 is 0.400 bits per heavy atom. The summed E-state index contributed by atoms with van der Waals surface area (Å²) in [7, 11) is -1.82. The van der Waals surface area contributed by atoms with Gasteiger partial charge in [-0.2, -0.15) is 0 Å². The maximum Gasteiger partial charge on any atom is 0.0326 e. The highest BCUT2D eigenvalue weighted by atomic mass is 31.2. The van der Waals surface area contributed by atoms with Crippen molar-refractivity contribution in [1.82, 2.24) is 4.44 Å². The summed E-state index contributed by atoms with van der Waals surface area (Å²) in [5.41, 5.74) is 6.28. The standard InChI is InChI=1S/C87H147NP2/c1-7-13-19-25-31-37-43-49-55-69-83(70-56-50-44-38-32-26-20-14-8-2)88(89(84-71-57-65-79(75-84)61-51-45-39-33-27-21-15-9-3)85-72-58-66-80(76-85)62-52-46-40-34-28-22-16-10-4)90(86-73-59-67-81(77-86)63-53-47-41-35-29-23-17-11-5)87-74-60-68-82(78-87)64-54-48-42-36-30-24-18-12-6/h57-60,65-68,71-78,83H,7-56,61-64,69-70H2,1-6H3. The fourth-order valence-corrected chi connectivity index (χ4v) is 20.8. The third kappa shape index (κ3) is 37.7. The van der Waals surface area contributed by atoms with Gasteiger partial charge < -0.3 is 0 Å². The van der Waals surface area contributed by atoms with Gasteiger partial charge in [0.1, 0.15) is 0 Å². The second-order valence-electron chi connectivity index (χ2n) is 28.4. The van der Waals surface area contributed by atoms with Gasteiger partial charge in [-0.15, -0.1) is 0 Å². The molecule has 0 aliphatic heterocycles. The lowest BCUT2D eigenvalue weighted by atomic mass is 10.00. The average Bonchev–Trinajstić information content (AvgIpc) is 1.12. The van der Waals surface area contributed by atoms with E-state index in [0.717, 1.165) is 0 Å². The number of hydrogen-bond donors (Lipinski definition) is 0. The predicted octanol–water partition coefficient (Wildman–Crippen LogP) is 28.3. The Labute approximate surface area is 564 Å². The Hall–Kier alpha value is -2.30. The summed E-state index contributed by atoms with van der Waals surface area (Å²) in [6.07, 6.45) is 76.4. The lowest BCUT2D eigenvalue weighted by Gasteiger charge is -2.44. The van der Waals surface area contributed by atoms with Gasteiger partial charge in [0.15, 0.2) is 0 Å². The molecule has 0 saturated heterocycles. The van der Waals surface area contributed by atoms with Gasteiger partial charge in [-0.05, 0) is 132 Å². The molecule has 0 bridgehead atoms. The largest absolute Gasteiger partial charge is 0.242 e. The Kier molecular flexibility index (Phi) is 50.7. The van der Waals surface area contributed by atoms with Crippen LogP contribution in [0.5, 0.6) is 0 Å². The van der Waals surface area contributed by atoms with Crippen LogP contribution in [0.25, 0.3) is 0 Å². The minimum absolute atomic E-state index is 0.497. The fraction of sp³-hybridized carbons (Fsp3) is 0.724. The van der Waals surface area contributed by atoms with E-state index in [2.05, 4.69) is 143 Å². The molecule has 0 heterocycles. The molecule has 3 heteroatoms. The molecule has 0 spiro atoms. The second kappa shape index (κ2) is 57.0. The van der Waals surface area contributed by atoms with Crippen LogP contribution in [-0.4, -0.2) is 10.5 Å². The monoisotopic (exact) mass is 1270 g/mol. The minimum atomic E-state index is -0.908. The summed E-state index contributed by atoms with van der Waals surface area (Å²) in [4.78, 5) is 0. The first-order valence-electron chi connectivity index (χ1n) is 40.3. The lowest BCUT2D eigenvalue weighted by molar-refractivity contribution is 0.393. The summed E-state index contributed by atoms with van der Waals surface area (Å²) >= 11 is 0. The van der Waals surface area contributed by atoms with E-state index in [1.54, 1.807) is 43.5 Å². The zero-order valence-electron chi connectivity index (χ0n) is 60.8. The number of rotatable bonds is 63. The molecule has 4 rings (SSSR count). The molecule has 0 aromatic heterocycles. The molecule has 0 fully saturated rings. The molecule has 90 heavy (non-hydrogen) atoms. The van der Waals surface area contributed by atoms with Gasteiger partial charge in [-0.1, -0.05) is 410 Å². The van der Waals surface area contributed by atoms with E-state index >= 15 is 0 Å². The van der Waals surface area contributed by atoms with E-state index in [9.17, 15) is 0 Å². The SMILES string of the molecule is CCCCCCCCCCCC(CCCCCCCCCCC)N(P(c1cccc(CCCCCCCCCC)c1)c1cccc(CCCCCCCCCC)c1)P(c1cccc(CCCCCCCCCC)c1)c1cccc(CCCCCCCCCC)c1.